The summed E-state index contributed by atoms with van der Waals surface area (Å²) in [6, 6.07) is 5.11. The van der Waals surface area contributed by atoms with E-state index in [1.165, 1.54) is 31.2 Å². The molecule has 1 saturated heterocycles. The Kier molecular flexibility index (Phi) is 4.01. The van der Waals surface area contributed by atoms with Gasteiger partial charge < -0.3 is 10.2 Å². The van der Waals surface area contributed by atoms with Crippen molar-refractivity contribution in [1.29, 1.82) is 0 Å². The van der Waals surface area contributed by atoms with Crippen LogP contribution in [0.4, 0.5) is 0 Å². The van der Waals surface area contributed by atoms with Gasteiger partial charge in [-0.05, 0) is 74.5 Å². The number of pyridine rings is 1. The number of rotatable bonds is 5. The number of hydrogen-bond donors (Lipinski definition) is 1. The van der Waals surface area contributed by atoms with Crippen LogP contribution >= 0.6 is 11.6 Å². The van der Waals surface area contributed by atoms with Crippen molar-refractivity contribution < 1.29 is 4.79 Å². The molecule has 3 unspecified atom stereocenters. The fourth-order valence-corrected chi connectivity index (χ4v) is 4.82. The first-order valence-electron chi connectivity index (χ1n) is 9.86. The lowest BCUT2D eigenvalue weighted by Gasteiger charge is -2.48. The topological polar surface area (TPSA) is 45.2 Å². The molecular formula is C20H26ClN3O. The Labute approximate surface area is 154 Å². The van der Waals surface area contributed by atoms with Crippen LogP contribution in [0.1, 0.15) is 44.1 Å². The van der Waals surface area contributed by atoms with Gasteiger partial charge in [-0.3, -0.25) is 4.79 Å². The lowest BCUT2D eigenvalue weighted by molar-refractivity contribution is -0.141. The molecule has 4 fully saturated rings. The highest BCUT2D eigenvalue weighted by molar-refractivity contribution is 6.29. The molecule has 4 nitrogen and oxygen atoms in total. The van der Waals surface area contributed by atoms with Gasteiger partial charge in [-0.1, -0.05) is 11.6 Å². The van der Waals surface area contributed by atoms with Crippen molar-refractivity contribution >= 4 is 17.5 Å². The van der Waals surface area contributed by atoms with E-state index >= 15 is 0 Å². The third-order valence-corrected chi connectivity index (χ3v) is 6.61. The number of carbonyl (C=O) groups is 1. The normalized spacial score (nSPS) is 32.7. The fourth-order valence-electron chi connectivity index (χ4n) is 4.63. The van der Waals surface area contributed by atoms with E-state index < -0.39 is 0 Å². The third-order valence-electron chi connectivity index (χ3n) is 6.40. The summed E-state index contributed by atoms with van der Waals surface area (Å²) in [5, 5.41) is 4.38. The largest absolute Gasteiger partial charge is 0.333 e. The average Bonchev–Trinajstić information content (AvgIpc) is 3.49. The minimum atomic E-state index is 0.262. The maximum atomic E-state index is 13.2. The molecule has 5 heteroatoms. The number of amides is 1. The van der Waals surface area contributed by atoms with Crippen LogP contribution in [0.15, 0.2) is 18.3 Å². The minimum absolute atomic E-state index is 0.262. The number of carbonyl (C=O) groups excluding carboxylic acids is 1. The molecule has 134 valence electrons. The van der Waals surface area contributed by atoms with Crippen molar-refractivity contribution in [2.24, 2.45) is 17.8 Å². The molecule has 0 radical (unpaired) electrons. The van der Waals surface area contributed by atoms with Gasteiger partial charge in [0.05, 0.1) is 6.04 Å². The number of nitrogens with zero attached hydrogens (tertiary/aromatic N) is 2. The van der Waals surface area contributed by atoms with Crippen LogP contribution in [0.2, 0.25) is 5.15 Å². The molecule has 3 atom stereocenters. The molecule has 0 bridgehead atoms. The van der Waals surface area contributed by atoms with Crippen LogP contribution in [0.5, 0.6) is 0 Å². The summed E-state index contributed by atoms with van der Waals surface area (Å²) in [7, 11) is 0. The van der Waals surface area contributed by atoms with Gasteiger partial charge in [0, 0.05) is 30.7 Å². The first-order chi connectivity index (χ1) is 12.2. The quantitative estimate of drug-likeness (QED) is 0.822. The monoisotopic (exact) mass is 359 g/mol. The predicted octanol–water partition coefficient (Wildman–Crippen LogP) is 3.05. The highest BCUT2D eigenvalue weighted by Crippen LogP contribution is 2.44. The molecule has 3 aliphatic carbocycles. The van der Waals surface area contributed by atoms with Crippen molar-refractivity contribution in [1.82, 2.24) is 15.2 Å². The van der Waals surface area contributed by atoms with Crippen LogP contribution in [0, 0.1) is 17.8 Å². The number of piperazine rings is 1. The number of hydrogen-bond acceptors (Lipinski definition) is 3. The van der Waals surface area contributed by atoms with Crippen molar-refractivity contribution in [3.63, 3.8) is 0 Å². The van der Waals surface area contributed by atoms with E-state index in [1.54, 1.807) is 6.20 Å². The van der Waals surface area contributed by atoms with Crippen LogP contribution in [0.25, 0.3) is 0 Å². The summed E-state index contributed by atoms with van der Waals surface area (Å²) in [5.74, 6) is 2.16. The van der Waals surface area contributed by atoms with Crippen LogP contribution in [-0.4, -0.2) is 40.5 Å². The molecule has 1 aromatic rings. The summed E-state index contributed by atoms with van der Waals surface area (Å²) < 4.78 is 0. The molecule has 3 saturated carbocycles. The van der Waals surface area contributed by atoms with Gasteiger partial charge in [0.25, 0.3) is 0 Å². The van der Waals surface area contributed by atoms with Crippen molar-refractivity contribution in [3.05, 3.63) is 29.0 Å². The molecule has 2 heterocycles. The van der Waals surface area contributed by atoms with E-state index in [4.69, 9.17) is 11.6 Å². The molecule has 1 N–H and O–H groups in total. The summed E-state index contributed by atoms with van der Waals surface area (Å²) in [6.45, 7) is 0.984. The van der Waals surface area contributed by atoms with E-state index in [9.17, 15) is 4.79 Å². The van der Waals surface area contributed by atoms with Gasteiger partial charge in [-0.2, -0.15) is 0 Å². The Balaban J connectivity index is 1.46. The Hall–Kier alpha value is -1.13. The molecule has 5 rings (SSSR count). The van der Waals surface area contributed by atoms with E-state index in [2.05, 4.69) is 21.3 Å². The fraction of sp³-hybridized carbons (Fsp3) is 0.700. The smallest absolute Gasteiger partial charge is 0.226 e. The van der Waals surface area contributed by atoms with Crippen LogP contribution < -0.4 is 5.32 Å². The first kappa shape index (κ1) is 16.1. The molecular weight excluding hydrogens is 334 g/mol. The van der Waals surface area contributed by atoms with Crippen LogP contribution in [-0.2, 0) is 11.2 Å². The van der Waals surface area contributed by atoms with Gasteiger partial charge in [-0.25, -0.2) is 4.98 Å². The van der Waals surface area contributed by atoms with Gasteiger partial charge >= 0.3 is 0 Å². The lowest BCUT2D eigenvalue weighted by atomic mass is 9.89. The number of nitrogens with one attached hydrogen (secondary N) is 1. The zero-order valence-electron chi connectivity index (χ0n) is 14.5. The Morgan fingerprint density at radius 1 is 1.20 bits per heavy atom. The van der Waals surface area contributed by atoms with E-state index in [1.807, 2.05) is 6.07 Å². The summed E-state index contributed by atoms with van der Waals surface area (Å²) in [5.41, 5.74) is 1.20. The van der Waals surface area contributed by atoms with Gasteiger partial charge in [0.15, 0.2) is 0 Å². The van der Waals surface area contributed by atoms with E-state index in [-0.39, 0.29) is 6.04 Å². The Morgan fingerprint density at radius 3 is 2.60 bits per heavy atom. The Morgan fingerprint density at radius 2 is 1.96 bits per heavy atom. The molecule has 0 spiro atoms. The molecule has 1 amide bonds. The first-order valence-corrected chi connectivity index (χ1v) is 10.2. The second-order valence-electron chi connectivity index (χ2n) is 8.45. The second kappa shape index (κ2) is 6.24. The van der Waals surface area contributed by atoms with Crippen molar-refractivity contribution in [2.45, 2.75) is 63.1 Å². The SMILES string of the molecule is O=C(C1CC1)N1C(C2CC2)CNC(C2CC2)C1Cc1ccnc(Cl)c1. The Bertz CT molecular complexity index is 669. The summed E-state index contributed by atoms with van der Waals surface area (Å²) in [6.07, 6.45) is 9.99. The maximum absolute atomic E-state index is 13.2. The summed E-state index contributed by atoms with van der Waals surface area (Å²) >= 11 is 6.12. The third kappa shape index (κ3) is 3.31. The predicted molar refractivity (Wildman–Crippen MR) is 97.3 cm³/mol. The minimum Gasteiger partial charge on any atom is -0.333 e. The summed E-state index contributed by atoms with van der Waals surface area (Å²) in [4.78, 5) is 19.7. The zero-order valence-corrected chi connectivity index (χ0v) is 15.3. The van der Waals surface area contributed by atoms with Gasteiger partial charge in [-0.15, -0.1) is 0 Å². The van der Waals surface area contributed by atoms with Crippen LogP contribution in [0.3, 0.4) is 0 Å². The van der Waals surface area contributed by atoms with E-state index in [0.717, 1.165) is 31.7 Å². The highest BCUT2D eigenvalue weighted by atomic mass is 35.5. The average molecular weight is 360 g/mol. The van der Waals surface area contributed by atoms with E-state index in [0.29, 0.717) is 35.0 Å². The van der Waals surface area contributed by atoms with Crippen molar-refractivity contribution in [2.75, 3.05) is 6.54 Å². The molecule has 25 heavy (non-hydrogen) atoms. The number of aromatic nitrogens is 1. The van der Waals surface area contributed by atoms with Gasteiger partial charge in [0.2, 0.25) is 5.91 Å². The molecule has 1 aromatic heterocycles. The highest BCUT2D eigenvalue weighted by Gasteiger charge is 2.51. The number of halogens is 1. The molecule has 0 aromatic carbocycles. The molecule has 4 aliphatic rings. The maximum Gasteiger partial charge on any atom is 0.226 e. The lowest BCUT2D eigenvalue weighted by Crippen LogP contribution is -2.66. The van der Waals surface area contributed by atoms with Gasteiger partial charge in [0.1, 0.15) is 5.15 Å². The molecule has 1 aliphatic heterocycles. The second-order valence-corrected chi connectivity index (χ2v) is 8.84. The standard InChI is InChI=1S/C20H26ClN3O/c21-18-10-12(7-8-22-18)9-16-19(14-3-4-14)23-11-17(13-1-2-13)24(16)20(25)15-5-6-15/h7-8,10,13-17,19,23H,1-6,9,11H2. The zero-order chi connectivity index (χ0) is 17.0. The van der Waals surface area contributed by atoms with Crippen molar-refractivity contribution in [3.8, 4) is 0 Å².